The second-order valence-electron chi connectivity index (χ2n) is 6.54. The van der Waals surface area contributed by atoms with Crippen LogP contribution in [0.25, 0.3) is 11.0 Å². The van der Waals surface area contributed by atoms with Crippen molar-refractivity contribution in [1.82, 2.24) is 4.90 Å². The van der Waals surface area contributed by atoms with Gasteiger partial charge in [-0.3, -0.25) is 0 Å². The van der Waals surface area contributed by atoms with Crippen LogP contribution in [0, 0.1) is 12.0 Å². The molecule has 0 saturated carbocycles. The van der Waals surface area contributed by atoms with Gasteiger partial charge in [0.1, 0.15) is 5.58 Å². The summed E-state index contributed by atoms with van der Waals surface area (Å²) < 4.78 is 5.62. The van der Waals surface area contributed by atoms with E-state index in [4.69, 9.17) is 4.42 Å². The molecule has 0 bridgehead atoms. The van der Waals surface area contributed by atoms with Crippen molar-refractivity contribution in [3.05, 3.63) is 39.2 Å². The minimum atomic E-state index is -0.315. The Labute approximate surface area is 135 Å². The van der Waals surface area contributed by atoms with E-state index in [-0.39, 0.29) is 5.63 Å². The predicted octanol–water partition coefficient (Wildman–Crippen LogP) is 2.36. The van der Waals surface area contributed by atoms with Crippen molar-refractivity contribution >= 4 is 16.7 Å². The Bertz CT molecular complexity index is 897. The molecule has 0 amide bonds. The highest BCUT2D eigenvalue weighted by Crippen LogP contribution is 2.40. The molecule has 3 heterocycles. The molecule has 118 valence electrons. The molecule has 0 spiro atoms. The van der Waals surface area contributed by atoms with E-state index >= 15 is 0 Å². The minimum absolute atomic E-state index is 0.315. The molecule has 1 aromatic heterocycles. The predicted molar refractivity (Wildman–Crippen MR) is 91.9 cm³/mol. The Balaban J connectivity index is 2.04. The Kier molecular flexibility index (Phi) is 3.30. The van der Waals surface area contributed by atoms with Crippen LogP contribution in [0.3, 0.4) is 0 Å². The molecule has 0 atom stereocenters. The molecule has 0 saturated heterocycles. The summed E-state index contributed by atoms with van der Waals surface area (Å²) in [4.78, 5) is 16.3. The summed E-state index contributed by atoms with van der Waals surface area (Å²) in [5.41, 5.74) is 5.09. The lowest BCUT2D eigenvalue weighted by molar-refractivity contribution is 0.549. The summed E-state index contributed by atoms with van der Waals surface area (Å²) in [6.45, 7) is 2.21. The fraction of sp³-hybridized carbons (Fsp3) is 0.421. The van der Waals surface area contributed by atoms with E-state index in [1.54, 1.807) is 4.90 Å². The molecule has 23 heavy (non-hydrogen) atoms. The number of hydrogen-bond donors (Lipinski definition) is 0. The highest BCUT2D eigenvalue weighted by atomic mass is 16.4. The van der Waals surface area contributed by atoms with E-state index in [0.29, 0.717) is 0 Å². The summed E-state index contributed by atoms with van der Waals surface area (Å²) in [5, 5.41) is 0.983. The number of hydrogen-bond acceptors (Lipinski definition) is 4. The van der Waals surface area contributed by atoms with Crippen LogP contribution in [0.4, 0.5) is 5.69 Å². The van der Waals surface area contributed by atoms with Crippen molar-refractivity contribution in [2.45, 2.75) is 25.7 Å². The molecule has 2 aromatic rings. The summed E-state index contributed by atoms with van der Waals surface area (Å²) in [7, 11) is 3.79. The summed E-state index contributed by atoms with van der Waals surface area (Å²) >= 11 is 0. The van der Waals surface area contributed by atoms with E-state index in [1.807, 2.05) is 14.1 Å². The largest absolute Gasteiger partial charge is 0.422 e. The monoisotopic (exact) mass is 308 g/mol. The molecule has 0 unspecified atom stereocenters. The van der Waals surface area contributed by atoms with Gasteiger partial charge < -0.3 is 14.2 Å². The van der Waals surface area contributed by atoms with E-state index in [2.05, 4.69) is 22.9 Å². The molecule has 2 aliphatic heterocycles. The third-order valence-corrected chi connectivity index (χ3v) is 4.64. The minimum Gasteiger partial charge on any atom is -0.422 e. The van der Waals surface area contributed by atoms with Gasteiger partial charge >= 0.3 is 5.63 Å². The van der Waals surface area contributed by atoms with Crippen LogP contribution in [-0.4, -0.2) is 32.1 Å². The topological polar surface area (TPSA) is 36.7 Å². The van der Waals surface area contributed by atoms with Crippen molar-refractivity contribution in [2.75, 3.05) is 32.1 Å². The summed E-state index contributed by atoms with van der Waals surface area (Å²) in [5.74, 6) is 3.12. The standard InChI is InChI=1S/C19H20N2O2/c1-20(2)10-7-13-12-17(22)23-19-15-6-4-9-21-8-3-5-14(18(15)21)11-16(13)19/h11-12H,3-6,8-9H2,1-2H3. The number of fused-ring (bicyclic) bond motifs is 2. The molecule has 2 aliphatic rings. The lowest BCUT2D eigenvalue weighted by Crippen LogP contribution is -2.34. The van der Waals surface area contributed by atoms with Gasteiger partial charge in [-0.2, -0.15) is 0 Å². The molecule has 0 aliphatic carbocycles. The second kappa shape index (κ2) is 5.34. The maximum Gasteiger partial charge on any atom is 0.337 e. The second-order valence-corrected chi connectivity index (χ2v) is 6.54. The van der Waals surface area contributed by atoms with Gasteiger partial charge in [0.2, 0.25) is 0 Å². The van der Waals surface area contributed by atoms with Gasteiger partial charge in [-0.1, -0.05) is 0 Å². The van der Waals surface area contributed by atoms with Crippen molar-refractivity contribution < 1.29 is 4.42 Å². The van der Waals surface area contributed by atoms with Crippen LogP contribution >= 0.6 is 0 Å². The lowest BCUT2D eigenvalue weighted by Gasteiger charge is -2.37. The van der Waals surface area contributed by atoms with Crippen LogP contribution < -0.4 is 10.5 Å². The summed E-state index contributed by atoms with van der Waals surface area (Å²) in [6.07, 6.45) is 4.37. The normalized spacial score (nSPS) is 15.8. The fourth-order valence-corrected chi connectivity index (χ4v) is 3.75. The highest BCUT2D eigenvalue weighted by molar-refractivity contribution is 5.92. The van der Waals surface area contributed by atoms with Crippen molar-refractivity contribution in [3.63, 3.8) is 0 Å². The van der Waals surface area contributed by atoms with Crippen LogP contribution in [0.2, 0.25) is 0 Å². The molecular weight excluding hydrogens is 288 g/mol. The van der Waals surface area contributed by atoms with Gasteiger partial charge in [0.25, 0.3) is 0 Å². The number of aryl methyl sites for hydroxylation is 2. The number of rotatable bonds is 0. The summed E-state index contributed by atoms with van der Waals surface area (Å²) in [6, 6.07) is 6.72. The van der Waals surface area contributed by atoms with Crippen LogP contribution in [-0.2, 0) is 12.8 Å². The maximum absolute atomic E-state index is 12.0. The first-order chi connectivity index (χ1) is 11.1. The average Bonchev–Trinajstić information content (AvgIpc) is 2.54. The highest BCUT2D eigenvalue weighted by Gasteiger charge is 2.27. The van der Waals surface area contributed by atoms with Crippen LogP contribution in [0.5, 0.6) is 0 Å². The Morgan fingerprint density at radius 2 is 1.96 bits per heavy atom. The molecule has 0 fully saturated rings. The maximum atomic E-state index is 12.0. The van der Waals surface area contributed by atoms with Gasteiger partial charge in [0, 0.05) is 61.5 Å². The molecule has 4 nitrogen and oxygen atoms in total. The number of benzene rings is 1. The molecular formula is C19H20N2O2. The van der Waals surface area contributed by atoms with E-state index in [0.717, 1.165) is 48.9 Å². The van der Waals surface area contributed by atoms with Gasteiger partial charge in [-0.25, -0.2) is 4.79 Å². The number of nitrogens with zero attached hydrogens (tertiary/aromatic N) is 2. The van der Waals surface area contributed by atoms with E-state index in [9.17, 15) is 4.79 Å². The lowest BCUT2D eigenvalue weighted by atomic mass is 9.89. The molecule has 0 radical (unpaired) electrons. The Morgan fingerprint density at radius 3 is 2.74 bits per heavy atom. The van der Waals surface area contributed by atoms with Crippen molar-refractivity contribution in [1.29, 1.82) is 0 Å². The first kappa shape index (κ1) is 14.2. The van der Waals surface area contributed by atoms with E-state index in [1.165, 1.54) is 29.3 Å². The quantitative estimate of drug-likeness (QED) is 0.425. The average molecular weight is 308 g/mol. The van der Waals surface area contributed by atoms with Gasteiger partial charge in [0.15, 0.2) is 0 Å². The first-order valence-electron chi connectivity index (χ1n) is 8.20. The third kappa shape index (κ3) is 2.37. The van der Waals surface area contributed by atoms with Crippen molar-refractivity contribution in [2.24, 2.45) is 0 Å². The Morgan fingerprint density at radius 1 is 1.17 bits per heavy atom. The third-order valence-electron chi connectivity index (χ3n) is 4.64. The van der Waals surface area contributed by atoms with Crippen LogP contribution in [0.1, 0.15) is 29.5 Å². The number of anilines is 1. The van der Waals surface area contributed by atoms with Crippen molar-refractivity contribution in [3.8, 4) is 12.0 Å². The Hall–Kier alpha value is -2.41. The van der Waals surface area contributed by atoms with Crippen LogP contribution in [0.15, 0.2) is 21.3 Å². The fourth-order valence-electron chi connectivity index (χ4n) is 3.75. The zero-order valence-electron chi connectivity index (χ0n) is 13.6. The molecule has 0 N–H and O–H groups in total. The molecule has 4 heteroatoms. The zero-order chi connectivity index (χ0) is 16.0. The van der Waals surface area contributed by atoms with Gasteiger partial charge in [-0.15, -0.1) is 0 Å². The van der Waals surface area contributed by atoms with Gasteiger partial charge in [0.05, 0.1) is 0 Å². The first-order valence-corrected chi connectivity index (χ1v) is 8.20. The smallest absolute Gasteiger partial charge is 0.337 e. The van der Waals surface area contributed by atoms with Gasteiger partial charge in [-0.05, 0) is 43.2 Å². The zero-order valence-corrected chi connectivity index (χ0v) is 13.6. The SMILES string of the molecule is CN(C)C#Cc1cc(=O)oc2c3c4c(cc12)CCCN4CCC3. The molecule has 1 aromatic carbocycles. The molecule has 4 rings (SSSR count). The van der Waals surface area contributed by atoms with E-state index < -0.39 is 0 Å².